The topological polar surface area (TPSA) is 103 Å². The van der Waals surface area contributed by atoms with Gasteiger partial charge in [0.1, 0.15) is 5.69 Å². The SMILES string of the molecule is CN1Cc2cnc(C(=O)NC3CCCCC3NC(=O)c3cc4cc(Cl)ccc4[nH]3)nc2C1.Cl. The molecule has 3 heterocycles. The molecule has 2 atom stereocenters. The van der Waals surface area contributed by atoms with Gasteiger partial charge in [-0.15, -0.1) is 12.4 Å². The molecule has 33 heavy (non-hydrogen) atoms. The minimum atomic E-state index is -0.297. The molecule has 1 saturated carbocycles. The second-order valence-electron chi connectivity index (χ2n) is 8.70. The van der Waals surface area contributed by atoms with E-state index in [0.717, 1.165) is 60.9 Å². The number of carbonyl (C=O) groups excluding carboxylic acids is 2. The number of carbonyl (C=O) groups is 2. The maximum Gasteiger partial charge on any atom is 0.289 e. The van der Waals surface area contributed by atoms with E-state index in [1.807, 2.05) is 19.2 Å². The maximum absolute atomic E-state index is 12.9. The number of aromatic amines is 1. The zero-order valence-electron chi connectivity index (χ0n) is 18.2. The number of H-pyrrole nitrogens is 1. The van der Waals surface area contributed by atoms with Crippen molar-refractivity contribution in [2.45, 2.75) is 50.9 Å². The first kappa shape index (κ1) is 23.5. The van der Waals surface area contributed by atoms with Crippen molar-refractivity contribution in [1.29, 1.82) is 0 Å². The highest BCUT2D eigenvalue weighted by molar-refractivity contribution is 6.31. The maximum atomic E-state index is 12.9. The summed E-state index contributed by atoms with van der Waals surface area (Å²) in [6, 6.07) is 6.93. The van der Waals surface area contributed by atoms with Crippen LogP contribution in [0.4, 0.5) is 0 Å². The normalized spacial score (nSPS) is 20.2. The van der Waals surface area contributed by atoms with Gasteiger partial charge in [0.05, 0.1) is 5.69 Å². The lowest BCUT2D eigenvalue weighted by Crippen LogP contribution is -2.53. The van der Waals surface area contributed by atoms with Crippen LogP contribution < -0.4 is 10.6 Å². The largest absolute Gasteiger partial charge is 0.351 e. The van der Waals surface area contributed by atoms with Gasteiger partial charge < -0.3 is 15.6 Å². The lowest BCUT2D eigenvalue weighted by atomic mass is 9.90. The summed E-state index contributed by atoms with van der Waals surface area (Å²) in [6.45, 7) is 1.52. The number of halogens is 2. The number of amides is 2. The predicted octanol–water partition coefficient (Wildman–Crippen LogP) is 3.45. The summed E-state index contributed by atoms with van der Waals surface area (Å²) in [5, 5.41) is 7.67. The van der Waals surface area contributed by atoms with Gasteiger partial charge >= 0.3 is 0 Å². The Morgan fingerprint density at radius 2 is 1.82 bits per heavy atom. The Morgan fingerprint density at radius 3 is 2.58 bits per heavy atom. The molecule has 1 aromatic carbocycles. The highest BCUT2D eigenvalue weighted by Crippen LogP contribution is 2.23. The standard InChI is InChI=1S/C23H25ClN6O2.ClH/c1-30-11-14-10-25-21(27-20(14)12-30)23(32)29-18-5-3-2-4-17(18)28-22(31)19-9-13-8-15(24)6-7-16(13)26-19;/h6-10,17-18,26H,2-5,11-12H2,1H3,(H,28,31)(H,29,32);1H. The van der Waals surface area contributed by atoms with Gasteiger partial charge in [0.2, 0.25) is 5.82 Å². The minimum absolute atomic E-state index is 0. The second kappa shape index (κ2) is 9.67. The molecule has 5 rings (SSSR count). The lowest BCUT2D eigenvalue weighted by molar-refractivity contribution is 0.0855. The molecule has 2 aromatic heterocycles. The van der Waals surface area contributed by atoms with Crippen molar-refractivity contribution in [3.05, 3.63) is 58.3 Å². The molecule has 10 heteroatoms. The van der Waals surface area contributed by atoms with Crippen LogP contribution in [0.5, 0.6) is 0 Å². The van der Waals surface area contributed by atoms with Gasteiger partial charge in [-0.3, -0.25) is 14.5 Å². The summed E-state index contributed by atoms with van der Waals surface area (Å²) in [5.41, 5.74) is 3.29. The fourth-order valence-corrected chi connectivity index (χ4v) is 4.78. The average Bonchev–Trinajstić information content (AvgIpc) is 3.36. The third-order valence-corrected chi connectivity index (χ3v) is 6.48. The van der Waals surface area contributed by atoms with Crippen molar-refractivity contribution in [2.75, 3.05) is 7.05 Å². The smallest absolute Gasteiger partial charge is 0.289 e. The molecule has 2 aliphatic rings. The Labute approximate surface area is 202 Å². The third-order valence-electron chi connectivity index (χ3n) is 6.24. The summed E-state index contributed by atoms with van der Waals surface area (Å²) in [4.78, 5) is 39.8. The van der Waals surface area contributed by atoms with Gasteiger partial charge in [0.15, 0.2) is 0 Å². The Morgan fingerprint density at radius 1 is 1.09 bits per heavy atom. The van der Waals surface area contributed by atoms with Crippen LogP contribution in [0, 0.1) is 0 Å². The molecule has 0 bridgehead atoms. The molecule has 1 fully saturated rings. The number of rotatable bonds is 4. The van der Waals surface area contributed by atoms with Gasteiger partial charge in [-0.1, -0.05) is 24.4 Å². The van der Waals surface area contributed by atoms with Crippen LogP contribution in [0.25, 0.3) is 10.9 Å². The zero-order chi connectivity index (χ0) is 22.2. The van der Waals surface area contributed by atoms with Gasteiger partial charge in [-0.2, -0.15) is 0 Å². The first-order valence-corrected chi connectivity index (χ1v) is 11.3. The summed E-state index contributed by atoms with van der Waals surface area (Å²) < 4.78 is 0. The van der Waals surface area contributed by atoms with Crippen molar-refractivity contribution < 1.29 is 9.59 Å². The van der Waals surface area contributed by atoms with Crippen molar-refractivity contribution in [3.8, 4) is 0 Å². The van der Waals surface area contributed by atoms with Gasteiger partial charge in [0, 0.05) is 52.9 Å². The number of fused-ring (bicyclic) bond motifs is 2. The molecular weight excluding hydrogens is 463 g/mol. The van der Waals surface area contributed by atoms with E-state index in [9.17, 15) is 9.59 Å². The summed E-state index contributed by atoms with van der Waals surface area (Å²) in [6.07, 6.45) is 5.34. The minimum Gasteiger partial charge on any atom is -0.351 e. The molecule has 2 amide bonds. The molecule has 1 aliphatic carbocycles. The molecule has 2 unspecified atom stereocenters. The van der Waals surface area contributed by atoms with Crippen molar-refractivity contribution in [1.82, 2.24) is 30.5 Å². The first-order chi connectivity index (χ1) is 15.5. The van der Waals surface area contributed by atoms with E-state index < -0.39 is 0 Å². The second-order valence-corrected chi connectivity index (χ2v) is 9.13. The Kier molecular flexibility index (Phi) is 6.88. The highest BCUT2D eigenvalue weighted by Gasteiger charge is 2.30. The Hall–Kier alpha value is -2.68. The fraction of sp³-hybridized carbons (Fsp3) is 0.391. The molecule has 8 nitrogen and oxygen atoms in total. The Balaban J connectivity index is 0.00000259. The monoisotopic (exact) mass is 488 g/mol. The number of nitrogens with zero attached hydrogens (tertiary/aromatic N) is 3. The fourth-order valence-electron chi connectivity index (χ4n) is 4.60. The van der Waals surface area contributed by atoms with Crippen molar-refractivity contribution >= 4 is 46.7 Å². The van der Waals surface area contributed by atoms with Crippen LogP contribution in [0.3, 0.4) is 0 Å². The van der Waals surface area contributed by atoms with Gasteiger partial charge in [-0.05, 0) is 44.2 Å². The van der Waals surface area contributed by atoms with E-state index in [-0.39, 0.29) is 42.1 Å². The Bertz CT molecular complexity index is 1200. The van der Waals surface area contributed by atoms with Gasteiger partial charge in [-0.25, -0.2) is 9.97 Å². The molecular formula is C23H26Cl2N6O2. The number of nitrogens with one attached hydrogen (secondary N) is 3. The van der Waals surface area contributed by atoms with E-state index in [0.29, 0.717) is 10.7 Å². The van der Waals surface area contributed by atoms with E-state index in [4.69, 9.17) is 11.6 Å². The number of benzene rings is 1. The van der Waals surface area contributed by atoms with E-state index in [1.165, 1.54) is 0 Å². The van der Waals surface area contributed by atoms with Crippen LogP contribution in [0.1, 0.15) is 58.0 Å². The molecule has 3 N–H and O–H groups in total. The van der Waals surface area contributed by atoms with Crippen LogP contribution in [0.15, 0.2) is 30.5 Å². The summed E-state index contributed by atoms with van der Waals surface area (Å²) in [5.74, 6) is -0.309. The number of hydrogen-bond donors (Lipinski definition) is 3. The highest BCUT2D eigenvalue weighted by atomic mass is 35.5. The van der Waals surface area contributed by atoms with Gasteiger partial charge in [0.25, 0.3) is 11.8 Å². The quantitative estimate of drug-likeness (QED) is 0.521. The van der Waals surface area contributed by atoms with Crippen LogP contribution in [-0.2, 0) is 13.1 Å². The molecule has 3 aromatic rings. The van der Waals surface area contributed by atoms with Crippen molar-refractivity contribution in [2.24, 2.45) is 0 Å². The van der Waals surface area contributed by atoms with Crippen molar-refractivity contribution in [3.63, 3.8) is 0 Å². The van der Waals surface area contributed by atoms with E-state index in [2.05, 4.69) is 30.5 Å². The van der Waals surface area contributed by atoms with Crippen LogP contribution >= 0.6 is 24.0 Å². The van der Waals surface area contributed by atoms with Crippen LogP contribution in [0.2, 0.25) is 5.02 Å². The molecule has 0 spiro atoms. The number of hydrogen-bond acceptors (Lipinski definition) is 5. The molecule has 0 radical (unpaired) electrons. The predicted molar refractivity (Wildman–Crippen MR) is 129 cm³/mol. The molecule has 1 aliphatic heterocycles. The van der Waals surface area contributed by atoms with E-state index in [1.54, 1.807) is 18.3 Å². The van der Waals surface area contributed by atoms with E-state index >= 15 is 0 Å². The summed E-state index contributed by atoms with van der Waals surface area (Å²) in [7, 11) is 2.01. The van der Waals surface area contributed by atoms with Crippen LogP contribution in [-0.4, -0.2) is 50.8 Å². The first-order valence-electron chi connectivity index (χ1n) is 10.9. The lowest BCUT2D eigenvalue weighted by Gasteiger charge is -2.32. The number of aromatic nitrogens is 3. The molecule has 174 valence electrons. The third kappa shape index (κ3) is 4.98. The average molecular weight is 489 g/mol. The molecule has 0 saturated heterocycles. The zero-order valence-corrected chi connectivity index (χ0v) is 19.8. The summed E-state index contributed by atoms with van der Waals surface area (Å²) >= 11 is 6.05.